The van der Waals surface area contributed by atoms with Gasteiger partial charge in [-0.2, -0.15) is 0 Å². The van der Waals surface area contributed by atoms with Gasteiger partial charge in [0.25, 0.3) is 5.91 Å². The van der Waals surface area contributed by atoms with Crippen LogP contribution >= 0.6 is 0 Å². The number of fused-ring (bicyclic) bond motifs is 1. The van der Waals surface area contributed by atoms with Crippen molar-refractivity contribution in [3.8, 4) is 0 Å². The van der Waals surface area contributed by atoms with Crippen LogP contribution in [0.2, 0.25) is 0 Å². The van der Waals surface area contributed by atoms with Crippen molar-refractivity contribution in [3.63, 3.8) is 0 Å². The van der Waals surface area contributed by atoms with Crippen molar-refractivity contribution in [2.24, 2.45) is 0 Å². The Bertz CT molecular complexity index is 1520. The molecule has 0 bridgehead atoms. The standard InChI is InChI=1S/C33H36N2O3/c1-20(2)25-7-6-8-26(17-25)22(4)34-31(36)27-11-14-30-29(18-27)21(3)23(5)35(30)19-24-9-12-28(13-10-24)33(15-16-33)32(37)38/h6-14,17-18,20,22H,15-16,19H2,1-5H3,(H,34,36)(H,37,38)/t22-/m0/s1. The van der Waals surface area contributed by atoms with Crippen molar-refractivity contribution >= 4 is 22.8 Å². The lowest BCUT2D eigenvalue weighted by atomic mass is 9.95. The monoisotopic (exact) mass is 508 g/mol. The van der Waals surface area contributed by atoms with Crippen LogP contribution in [0, 0.1) is 13.8 Å². The maximum atomic E-state index is 13.2. The molecule has 0 aliphatic heterocycles. The van der Waals surface area contributed by atoms with Crippen molar-refractivity contribution in [1.82, 2.24) is 9.88 Å². The highest BCUT2D eigenvalue weighted by molar-refractivity contribution is 5.99. The molecular weight excluding hydrogens is 472 g/mol. The van der Waals surface area contributed by atoms with Crippen LogP contribution in [0.3, 0.4) is 0 Å². The Labute approximate surface area is 224 Å². The van der Waals surface area contributed by atoms with Crippen LogP contribution in [-0.4, -0.2) is 21.6 Å². The van der Waals surface area contributed by atoms with Crippen LogP contribution in [-0.2, 0) is 16.8 Å². The summed E-state index contributed by atoms with van der Waals surface area (Å²) in [4.78, 5) is 24.9. The Kier molecular flexibility index (Phi) is 6.64. The van der Waals surface area contributed by atoms with Crippen LogP contribution in [0.5, 0.6) is 0 Å². The Morgan fingerprint density at radius 1 is 0.947 bits per heavy atom. The third-order valence-corrected chi connectivity index (χ3v) is 8.33. The van der Waals surface area contributed by atoms with Gasteiger partial charge < -0.3 is 15.0 Å². The minimum absolute atomic E-state index is 0.0813. The third kappa shape index (κ3) is 4.62. The molecule has 1 aliphatic carbocycles. The zero-order valence-electron chi connectivity index (χ0n) is 22.8. The van der Waals surface area contributed by atoms with Crippen LogP contribution in [0.25, 0.3) is 10.9 Å². The highest BCUT2D eigenvalue weighted by Crippen LogP contribution is 2.48. The molecule has 0 unspecified atom stereocenters. The first-order chi connectivity index (χ1) is 18.1. The predicted molar refractivity (Wildman–Crippen MR) is 152 cm³/mol. The van der Waals surface area contributed by atoms with Gasteiger partial charge in [0.2, 0.25) is 0 Å². The Morgan fingerprint density at radius 3 is 2.26 bits per heavy atom. The number of amides is 1. The molecule has 5 heteroatoms. The molecule has 4 aromatic rings. The summed E-state index contributed by atoms with van der Waals surface area (Å²) in [6.07, 6.45) is 1.42. The van der Waals surface area contributed by atoms with E-state index in [1.165, 1.54) is 5.56 Å². The average Bonchev–Trinajstić information content (AvgIpc) is 3.70. The second-order valence-corrected chi connectivity index (χ2v) is 11.1. The second kappa shape index (κ2) is 9.79. The van der Waals surface area contributed by atoms with Gasteiger partial charge in [0.15, 0.2) is 0 Å². The summed E-state index contributed by atoms with van der Waals surface area (Å²) in [6.45, 7) is 11.3. The zero-order chi connectivity index (χ0) is 27.2. The molecule has 0 spiro atoms. The molecule has 0 radical (unpaired) electrons. The molecule has 2 N–H and O–H groups in total. The topological polar surface area (TPSA) is 71.3 Å². The minimum Gasteiger partial charge on any atom is -0.481 e. The lowest BCUT2D eigenvalue weighted by molar-refractivity contribution is -0.140. The number of benzene rings is 3. The Hall–Kier alpha value is -3.86. The summed E-state index contributed by atoms with van der Waals surface area (Å²) in [7, 11) is 0. The molecule has 1 amide bonds. The molecule has 3 aromatic carbocycles. The number of aryl methyl sites for hydroxylation is 1. The SMILES string of the molecule is Cc1c(C)n(Cc2ccc(C3(C(=O)O)CC3)cc2)c2ccc(C(=O)N[C@@H](C)c3cccc(C(C)C)c3)cc12. The molecule has 5 nitrogen and oxygen atoms in total. The van der Waals surface area contributed by atoms with E-state index < -0.39 is 11.4 Å². The third-order valence-electron chi connectivity index (χ3n) is 8.33. The summed E-state index contributed by atoms with van der Waals surface area (Å²) in [5.41, 5.74) is 7.74. The molecular formula is C33H36N2O3. The molecule has 1 fully saturated rings. The van der Waals surface area contributed by atoms with Crippen LogP contribution in [0.4, 0.5) is 0 Å². The molecule has 0 saturated heterocycles. The maximum absolute atomic E-state index is 13.2. The van der Waals surface area contributed by atoms with E-state index in [1.54, 1.807) is 0 Å². The van der Waals surface area contributed by atoms with Gasteiger partial charge in [-0.05, 0) is 85.5 Å². The number of carboxylic acids is 1. The van der Waals surface area contributed by atoms with Crippen LogP contribution < -0.4 is 5.32 Å². The van der Waals surface area contributed by atoms with Gasteiger partial charge in [-0.25, -0.2) is 0 Å². The van der Waals surface area contributed by atoms with E-state index in [0.717, 1.165) is 38.9 Å². The lowest BCUT2D eigenvalue weighted by Gasteiger charge is -2.16. The lowest BCUT2D eigenvalue weighted by Crippen LogP contribution is -2.26. The summed E-state index contributed by atoms with van der Waals surface area (Å²) in [6, 6.07) is 22.2. The normalized spacial score (nSPS) is 15.0. The zero-order valence-corrected chi connectivity index (χ0v) is 22.8. The summed E-state index contributed by atoms with van der Waals surface area (Å²) in [5, 5.41) is 13.8. The highest BCUT2D eigenvalue weighted by atomic mass is 16.4. The maximum Gasteiger partial charge on any atom is 0.314 e. The number of carboxylic acid groups (broad SMARTS) is 1. The largest absolute Gasteiger partial charge is 0.481 e. The number of hydrogen-bond donors (Lipinski definition) is 2. The minimum atomic E-state index is -0.730. The van der Waals surface area contributed by atoms with Crippen molar-refractivity contribution < 1.29 is 14.7 Å². The first-order valence-electron chi connectivity index (χ1n) is 13.4. The van der Waals surface area contributed by atoms with E-state index in [1.807, 2.05) is 49.4 Å². The molecule has 38 heavy (non-hydrogen) atoms. The van der Waals surface area contributed by atoms with E-state index in [4.69, 9.17) is 0 Å². The van der Waals surface area contributed by atoms with Crippen LogP contribution in [0.1, 0.15) is 89.4 Å². The molecule has 1 heterocycles. The first kappa shape index (κ1) is 25.8. The first-order valence-corrected chi connectivity index (χ1v) is 13.4. The summed E-state index contributed by atoms with van der Waals surface area (Å²) in [5.74, 6) is -0.373. The van der Waals surface area contributed by atoms with Gasteiger partial charge in [-0.15, -0.1) is 0 Å². The predicted octanol–water partition coefficient (Wildman–Crippen LogP) is 7.04. The number of aromatic nitrogens is 1. The molecule has 196 valence electrons. The van der Waals surface area contributed by atoms with Crippen molar-refractivity contribution in [2.45, 2.75) is 71.4 Å². The quantitative estimate of drug-likeness (QED) is 0.268. The number of carbonyl (C=O) groups is 2. The van der Waals surface area contributed by atoms with E-state index in [0.29, 0.717) is 30.9 Å². The van der Waals surface area contributed by atoms with Gasteiger partial charge >= 0.3 is 5.97 Å². The van der Waals surface area contributed by atoms with Crippen LogP contribution in [0.15, 0.2) is 66.7 Å². The fourth-order valence-electron chi connectivity index (χ4n) is 5.41. The molecule has 5 rings (SSSR count). The van der Waals surface area contributed by atoms with E-state index in [2.05, 4.69) is 61.8 Å². The van der Waals surface area contributed by atoms with Gasteiger partial charge in [0.1, 0.15) is 0 Å². The van der Waals surface area contributed by atoms with E-state index in [-0.39, 0.29) is 11.9 Å². The van der Waals surface area contributed by atoms with Crippen molar-refractivity contribution in [3.05, 3.63) is 106 Å². The number of nitrogens with zero attached hydrogens (tertiary/aromatic N) is 1. The smallest absolute Gasteiger partial charge is 0.314 e. The number of aliphatic carboxylic acids is 1. The summed E-state index contributed by atoms with van der Waals surface area (Å²) < 4.78 is 2.27. The van der Waals surface area contributed by atoms with E-state index >= 15 is 0 Å². The number of carbonyl (C=O) groups excluding carboxylic acids is 1. The molecule has 1 aromatic heterocycles. The highest BCUT2D eigenvalue weighted by Gasteiger charge is 2.51. The number of nitrogens with one attached hydrogen (secondary N) is 1. The number of rotatable bonds is 8. The average molecular weight is 509 g/mol. The number of hydrogen-bond acceptors (Lipinski definition) is 2. The van der Waals surface area contributed by atoms with Gasteiger partial charge in [-0.3, -0.25) is 9.59 Å². The second-order valence-electron chi connectivity index (χ2n) is 11.1. The van der Waals surface area contributed by atoms with E-state index in [9.17, 15) is 14.7 Å². The van der Waals surface area contributed by atoms with Gasteiger partial charge in [0.05, 0.1) is 11.5 Å². The van der Waals surface area contributed by atoms with Crippen molar-refractivity contribution in [1.29, 1.82) is 0 Å². The fraction of sp³-hybridized carbons (Fsp3) is 0.333. The molecule has 1 aliphatic rings. The molecule has 1 saturated carbocycles. The Morgan fingerprint density at radius 2 is 1.63 bits per heavy atom. The van der Waals surface area contributed by atoms with Gasteiger partial charge in [-0.1, -0.05) is 62.4 Å². The van der Waals surface area contributed by atoms with Crippen molar-refractivity contribution in [2.75, 3.05) is 0 Å². The Balaban J connectivity index is 1.36. The molecule has 1 atom stereocenters. The van der Waals surface area contributed by atoms with Gasteiger partial charge in [0, 0.05) is 28.7 Å². The fourth-order valence-corrected chi connectivity index (χ4v) is 5.41. The summed E-state index contributed by atoms with van der Waals surface area (Å²) >= 11 is 0.